The van der Waals surface area contributed by atoms with Crippen LogP contribution in [0.5, 0.6) is 0 Å². The third-order valence-electron chi connectivity index (χ3n) is 5.15. The molecular weight excluding hydrogens is 368 g/mol. The van der Waals surface area contributed by atoms with Crippen LogP contribution < -0.4 is 5.32 Å². The molecule has 144 valence electrons. The number of ketones is 1. The van der Waals surface area contributed by atoms with Crippen molar-refractivity contribution in [3.05, 3.63) is 71.9 Å². The summed E-state index contributed by atoms with van der Waals surface area (Å²) in [5, 5.41) is 7.88. The molecule has 1 N–H and O–H groups in total. The minimum absolute atomic E-state index is 0.0607. The fourth-order valence-corrected chi connectivity index (χ4v) is 3.69. The third-order valence-corrected chi connectivity index (χ3v) is 5.15. The van der Waals surface area contributed by atoms with E-state index in [0.29, 0.717) is 29.3 Å². The quantitative estimate of drug-likeness (QED) is 0.544. The summed E-state index contributed by atoms with van der Waals surface area (Å²) >= 11 is 0. The summed E-state index contributed by atoms with van der Waals surface area (Å²) in [6, 6.07) is 12.9. The Morgan fingerprint density at radius 3 is 3.00 bits per heavy atom. The molecule has 0 atom stereocenters. The van der Waals surface area contributed by atoms with E-state index in [2.05, 4.69) is 15.5 Å². The fraction of sp³-hybridized carbons (Fsp3) is 0.182. The predicted octanol–water partition coefficient (Wildman–Crippen LogP) is 3.25. The van der Waals surface area contributed by atoms with Crippen molar-refractivity contribution in [1.29, 1.82) is 0 Å². The number of carbonyl (C=O) groups is 2. The molecule has 5 rings (SSSR count). The van der Waals surface area contributed by atoms with Crippen molar-refractivity contribution in [2.75, 3.05) is 6.54 Å². The Morgan fingerprint density at radius 1 is 1.21 bits per heavy atom. The number of hydrogen-bond donors (Lipinski definition) is 1. The van der Waals surface area contributed by atoms with Crippen LogP contribution >= 0.6 is 0 Å². The molecule has 4 heterocycles. The van der Waals surface area contributed by atoms with Crippen LogP contribution in [0.15, 0.2) is 59.4 Å². The smallest absolute Gasteiger partial charge is 0.267 e. The van der Waals surface area contributed by atoms with Crippen LogP contribution in [0.25, 0.3) is 22.2 Å². The Kier molecular flexibility index (Phi) is 4.20. The summed E-state index contributed by atoms with van der Waals surface area (Å²) in [6.45, 7) is 1.40. The Balaban J connectivity index is 1.42. The van der Waals surface area contributed by atoms with Gasteiger partial charge >= 0.3 is 0 Å². The molecule has 0 bridgehead atoms. The maximum Gasteiger partial charge on any atom is 0.267 e. The topological polar surface area (TPSA) is 90.0 Å². The first kappa shape index (κ1) is 17.4. The molecule has 1 aliphatic heterocycles. The molecule has 0 radical (unpaired) electrons. The molecule has 4 aromatic rings. The lowest BCUT2D eigenvalue weighted by atomic mass is 10.0. The van der Waals surface area contributed by atoms with Gasteiger partial charge in [-0.15, -0.1) is 0 Å². The van der Waals surface area contributed by atoms with Crippen LogP contribution in [0.3, 0.4) is 0 Å². The van der Waals surface area contributed by atoms with E-state index in [1.54, 1.807) is 24.5 Å². The SMILES string of the molecule is O=C(Cc1cc(-c2cccnc2)no1)c1ccc2cc3n(c2c1)CCCNC3=O. The highest BCUT2D eigenvalue weighted by Crippen LogP contribution is 2.24. The number of carbonyl (C=O) groups excluding carboxylic acids is 2. The standard InChI is InChI=1S/C22H18N4O3/c27-21(12-17-11-18(25-29-17)16-3-1-6-23-13-16)15-5-4-14-9-20-22(28)24-7-2-8-26(20)19(14)10-15/h1,3-6,9-11,13H,2,7-8,12H2,(H,24,28). The number of nitrogens with zero attached hydrogens (tertiary/aromatic N) is 3. The van der Waals surface area contributed by atoms with Gasteiger partial charge in [-0.25, -0.2) is 0 Å². The highest BCUT2D eigenvalue weighted by Gasteiger charge is 2.20. The highest BCUT2D eigenvalue weighted by atomic mass is 16.5. The number of hydrogen-bond acceptors (Lipinski definition) is 5. The van der Waals surface area contributed by atoms with Crippen molar-refractivity contribution < 1.29 is 14.1 Å². The molecule has 0 unspecified atom stereocenters. The Bertz CT molecular complexity index is 1220. The molecule has 0 aliphatic carbocycles. The lowest BCUT2D eigenvalue weighted by Crippen LogP contribution is -2.22. The van der Waals surface area contributed by atoms with E-state index >= 15 is 0 Å². The monoisotopic (exact) mass is 386 g/mol. The van der Waals surface area contributed by atoms with E-state index in [4.69, 9.17) is 4.52 Å². The summed E-state index contributed by atoms with van der Waals surface area (Å²) in [7, 11) is 0. The summed E-state index contributed by atoms with van der Waals surface area (Å²) in [5.74, 6) is 0.368. The maximum atomic E-state index is 12.8. The summed E-state index contributed by atoms with van der Waals surface area (Å²) in [4.78, 5) is 29.1. The molecular formula is C22H18N4O3. The van der Waals surface area contributed by atoms with Gasteiger partial charge in [0.05, 0.1) is 6.42 Å². The molecule has 1 aliphatic rings. The zero-order chi connectivity index (χ0) is 19.8. The van der Waals surface area contributed by atoms with Crippen molar-refractivity contribution in [2.45, 2.75) is 19.4 Å². The number of rotatable bonds is 4. The zero-order valence-electron chi connectivity index (χ0n) is 15.6. The average molecular weight is 386 g/mol. The Labute approximate surface area is 166 Å². The lowest BCUT2D eigenvalue weighted by molar-refractivity contribution is 0.0949. The van der Waals surface area contributed by atoms with Gasteiger partial charge < -0.3 is 14.4 Å². The minimum Gasteiger partial charge on any atom is -0.360 e. The van der Waals surface area contributed by atoms with E-state index in [-0.39, 0.29) is 18.1 Å². The van der Waals surface area contributed by atoms with Gasteiger partial charge in [-0.1, -0.05) is 17.3 Å². The van der Waals surface area contributed by atoms with Crippen LogP contribution in [0.1, 0.15) is 33.0 Å². The number of fused-ring (bicyclic) bond motifs is 3. The van der Waals surface area contributed by atoms with Gasteiger partial charge in [0.15, 0.2) is 5.78 Å². The second kappa shape index (κ2) is 7.01. The molecule has 7 nitrogen and oxygen atoms in total. The second-order valence-electron chi connectivity index (χ2n) is 7.08. The van der Waals surface area contributed by atoms with Crippen molar-refractivity contribution in [3.8, 4) is 11.3 Å². The molecule has 0 saturated heterocycles. The van der Waals surface area contributed by atoms with Gasteiger partial charge in [-0.2, -0.15) is 0 Å². The predicted molar refractivity (Wildman–Crippen MR) is 107 cm³/mol. The Morgan fingerprint density at radius 2 is 2.14 bits per heavy atom. The number of amides is 1. The van der Waals surface area contributed by atoms with Crippen molar-refractivity contribution in [1.82, 2.24) is 20.0 Å². The highest BCUT2D eigenvalue weighted by molar-refractivity contribution is 6.03. The normalized spacial score (nSPS) is 13.7. The first-order chi connectivity index (χ1) is 14.2. The molecule has 7 heteroatoms. The molecule has 0 saturated carbocycles. The number of aryl methyl sites for hydroxylation is 1. The van der Waals surface area contributed by atoms with E-state index in [9.17, 15) is 9.59 Å². The number of nitrogens with one attached hydrogen (secondary N) is 1. The number of aromatic nitrogens is 3. The molecule has 1 aromatic carbocycles. The maximum absolute atomic E-state index is 12.8. The summed E-state index contributed by atoms with van der Waals surface area (Å²) < 4.78 is 7.34. The van der Waals surface area contributed by atoms with Crippen molar-refractivity contribution in [3.63, 3.8) is 0 Å². The number of benzene rings is 1. The Hall–Kier alpha value is -3.74. The van der Waals surface area contributed by atoms with Gasteiger partial charge in [-0.05, 0) is 30.7 Å². The molecule has 29 heavy (non-hydrogen) atoms. The molecule has 3 aromatic heterocycles. The molecule has 0 fully saturated rings. The van der Waals surface area contributed by atoms with Crippen molar-refractivity contribution >= 4 is 22.6 Å². The van der Waals surface area contributed by atoms with Gasteiger partial charge in [0, 0.05) is 53.6 Å². The van der Waals surface area contributed by atoms with Gasteiger partial charge in [0.2, 0.25) is 0 Å². The van der Waals surface area contributed by atoms with Crippen LogP contribution in [0, 0.1) is 0 Å². The van der Waals surface area contributed by atoms with E-state index < -0.39 is 0 Å². The number of pyridine rings is 1. The largest absolute Gasteiger partial charge is 0.360 e. The zero-order valence-corrected chi connectivity index (χ0v) is 15.6. The van der Waals surface area contributed by atoms with E-state index in [1.165, 1.54) is 0 Å². The van der Waals surface area contributed by atoms with E-state index in [0.717, 1.165) is 29.4 Å². The van der Waals surface area contributed by atoms with Crippen LogP contribution in [0.4, 0.5) is 0 Å². The van der Waals surface area contributed by atoms with Gasteiger partial charge in [0.25, 0.3) is 5.91 Å². The van der Waals surface area contributed by atoms with Crippen LogP contribution in [-0.4, -0.2) is 32.9 Å². The van der Waals surface area contributed by atoms with E-state index in [1.807, 2.05) is 34.9 Å². The lowest BCUT2D eigenvalue weighted by Gasteiger charge is -2.06. The molecule has 1 amide bonds. The third kappa shape index (κ3) is 3.20. The average Bonchev–Trinajstić information content (AvgIpc) is 3.31. The van der Waals surface area contributed by atoms with Crippen LogP contribution in [-0.2, 0) is 13.0 Å². The van der Waals surface area contributed by atoms with Gasteiger partial charge in [-0.3, -0.25) is 14.6 Å². The first-order valence-corrected chi connectivity index (χ1v) is 9.50. The first-order valence-electron chi connectivity index (χ1n) is 9.50. The minimum atomic E-state index is -0.0730. The number of Topliss-reactive ketones (excluding diaryl/α,β-unsaturated/α-hetero) is 1. The second-order valence-corrected chi connectivity index (χ2v) is 7.08. The van der Waals surface area contributed by atoms with Gasteiger partial charge in [0.1, 0.15) is 17.1 Å². The summed E-state index contributed by atoms with van der Waals surface area (Å²) in [5.41, 5.74) is 3.61. The van der Waals surface area contributed by atoms with Crippen molar-refractivity contribution in [2.24, 2.45) is 0 Å². The fourth-order valence-electron chi connectivity index (χ4n) is 3.69. The summed E-state index contributed by atoms with van der Waals surface area (Å²) in [6.07, 6.45) is 4.37. The molecule has 0 spiro atoms. The van der Waals surface area contributed by atoms with Crippen LogP contribution in [0.2, 0.25) is 0 Å².